The highest BCUT2D eigenvalue weighted by Crippen LogP contribution is 2.41. The topological polar surface area (TPSA) is 55.3 Å². The van der Waals surface area contributed by atoms with Crippen molar-refractivity contribution in [1.82, 2.24) is 10.2 Å². The van der Waals surface area contributed by atoms with E-state index in [1.165, 1.54) is 36.8 Å². The molecule has 5 heteroatoms. The van der Waals surface area contributed by atoms with Crippen LogP contribution in [0.5, 0.6) is 5.75 Å². The van der Waals surface area contributed by atoms with E-state index in [4.69, 9.17) is 4.74 Å². The van der Waals surface area contributed by atoms with Gasteiger partial charge in [-0.25, -0.2) is 0 Å². The monoisotopic (exact) mass is 453 g/mol. The van der Waals surface area contributed by atoms with E-state index in [1.54, 1.807) is 0 Å². The van der Waals surface area contributed by atoms with Gasteiger partial charge in [0.25, 0.3) is 0 Å². The molecule has 1 fully saturated rings. The van der Waals surface area contributed by atoms with Gasteiger partial charge in [-0.1, -0.05) is 12.1 Å². The lowest BCUT2D eigenvalue weighted by atomic mass is 9.82. The van der Waals surface area contributed by atoms with E-state index >= 15 is 0 Å². The fourth-order valence-corrected chi connectivity index (χ4v) is 5.71. The quantitative estimate of drug-likeness (QED) is 0.502. The van der Waals surface area contributed by atoms with Crippen molar-refractivity contribution >= 4 is 11.6 Å². The summed E-state index contributed by atoms with van der Waals surface area (Å²) < 4.78 is 6.49. The Morgan fingerprint density at radius 2 is 1.65 bits per heavy atom. The normalized spacial score (nSPS) is 18.9. The number of aryl methyl sites for hydroxylation is 4. The average Bonchev–Trinajstić information content (AvgIpc) is 2.86. The molecule has 1 saturated heterocycles. The number of fused-ring (bicyclic) bond motifs is 2. The Morgan fingerprint density at radius 1 is 0.882 bits per heavy atom. The predicted octanol–water partition coefficient (Wildman–Crippen LogP) is 5.64. The van der Waals surface area contributed by atoms with Crippen molar-refractivity contribution < 1.29 is 9.53 Å². The molecule has 6 rings (SSSR count). The third-order valence-corrected chi connectivity index (χ3v) is 8.00. The van der Waals surface area contributed by atoms with Gasteiger partial charge < -0.3 is 9.64 Å². The molecule has 174 valence electrons. The van der Waals surface area contributed by atoms with Gasteiger partial charge in [-0.05, 0) is 92.1 Å². The van der Waals surface area contributed by atoms with Crippen LogP contribution in [0, 0.1) is 13.8 Å². The fraction of sp³-hybridized carbons (Fsp3) is 0.414. The summed E-state index contributed by atoms with van der Waals surface area (Å²) in [6, 6.07) is 14.9. The van der Waals surface area contributed by atoms with Crippen molar-refractivity contribution in [2.75, 3.05) is 18.0 Å². The van der Waals surface area contributed by atoms with Crippen LogP contribution in [0.4, 0.5) is 5.82 Å². The number of Topliss-reactive ketones (excluding diaryl/α,β-unsaturated/α-hetero) is 1. The fourth-order valence-electron chi connectivity index (χ4n) is 5.71. The minimum Gasteiger partial charge on any atom is -0.486 e. The molecule has 2 aliphatic heterocycles. The number of carbonyl (C=O) groups is 1. The summed E-state index contributed by atoms with van der Waals surface area (Å²) >= 11 is 0. The SMILES string of the molecule is Cc1cc2c(cc1C)C(=O)CC1(CCN(c3ccc(-c4ccc5c(c4)CCCC5)nn3)CC1)O2. The summed E-state index contributed by atoms with van der Waals surface area (Å²) in [7, 11) is 0. The van der Waals surface area contributed by atoms with Gasteiger partial charge in [-0.3, -0.25) is 4.79 Å². The molecule has 0 saturated carbocycles. The lowest BCUT2D eigenvalue weighted by molar-refractivity contribution is 0.0230. The molecule has 1 spiro atoms. The maximum Gasteiger partial charge on any atom is 0.170 e. The molecule has 0 atom stereocenters. The molecule has 0 unspecified atom stereocenters. The second-order valence-electron chi connectivity index (χ2n) is 10.3. The number of benzene rings is 2. The number of ketones is 1. The van der Waals surface area contributed by atoms with Gasteiger partial charge in [-0.15, -0.1) is 10.2 Å². The Balaban J connectivity index is 1.16. The lowest BCUT2D eigenvalue weighted by Crippen LogP contribution is -2.51. The van der Waals surface area contributed by atoms with Gasteiger partial charge in [0.05, 0.1) is 17.7 Å². The Morgan fingerprint density at radius 3 is 2.41 bits per heavy atom. The maximum absolute atomic E-state index is 12.9. The van der Waals surface area contributed by atoms with Crippen LogP contribution in [-0.2, 0) is 12.8 Å². The predicted molar refractivity (Wildman–Crippen MR) is 134 cm³/mol. The molecule has 34 heavy (non-hydrogen) atoms. The van der Waals surface area contributed by atoms with E-state index in [2.05, 4.69) is 52.4 Å². The van der Waals surface area contributed by atoms with E-state index in [9.17, 15) is 4.79 Å². The van der Waals surface area contributed by atoms with Crippen LogP contribution in [0.15, 0.2) is 42.5 Å². The van der Waals surface area contributed by atoms with E-state index in [1.807, 2.05) is 19.1 Å². The highest BCUT2D eigenvalue weighted by Gasteiger charge is 2.43. The molecule has 1 aromatic heterocycles. The molecule has 2 aromatic carbocycles. The molecular weight excluding hydrogens is 422 g/mol. The smallest absolute Gasteiger partial charge is 0.170 e. The molecule has 3 aromatic rings. The number of piperidine rings is 1. The van der Waals surface area contributed by atoms with Crippen LogP contribution in [0.25, 0.3) is 11.3 Å². The first-order chi connectivity index (χ1) is 16.5. The van der Waals surface area contributed by atoms with Gasteiger partial charge >= 0.3 is 0 Å². The summed E-state index contributed by atoms with van der Waals surface area (Å²) in [6.45, 7) is 5.73. The lowest BCUT2D eigenvalue weighted by Gasteiger charge is -2.44. The molecule has 3 aliphatic rings. The van der Waals surface area contributed by atoms with Crippen molar-refractivity contribution in [3.63, 3.8) is 0 Å². The Labute approximate surface area is 201 Å². The minimum absolute atomic E-state index is 0.201. The van der Waals surface area contributed by atoms with Crippen molar-refractivity contribution in [3.05, 3.63) is 70.3 Å². The first-order valence-corrected chi connectivity index (χ1v) is 12.5. The summed E-state index contributed by atoms with van der Waals surface area (Å²) in [4.78, 5) is 15.2. The standard InChI is InChI=1S/C29H31N3O2/c1-19-15-24-26(33)18-29(34-27(24)16-20(19)2)11-13-32(14-12-29)28-10-9-25(30-31-28)23-8-7-21-5-3-4-6-22(21)17-23/h7-10,15-17H,3-6,11-14,18H2,1-2H3. The second kappa shape index (κ2) is 8.23. The van der Waals surface area contributed by atoms with Crippen LogP contribution >= 0.6 is 0 Å². The minimum atomic E-state index is -0.404. The van der Waals surface area contributed by atoms with Gasteiger partial charge in [0.2, 0.25) is 0 Å². The van der Waals surface area contributed by atoms with Gasteiger partial charge in [0, 0.05) is 31.5 Å². The molecule has 0 N–H and O–H groups in total. The molecular formula is C29H31N3O2. The number of hydrogen-bond acceptors (Lipinski definition) is 5. The van der Waals surface area contributed by atoms with Crippen molar-refractivity contribution in [1.29, 1.82) is 0 Å². The zero-order valence-corrected chi connectivity index (χ0v) is 20.1. The number of anilines is 1. The number of ether oxygens (including phenoxy) is 1. The van der Waals surface area contributed by atoms with Gasteiger partial charge in [0.15, 0.2) is 11.6 Å². The molecule has 0 radical (unpaired) electrons. The highest BCUT2D eigenvalue weighted by atomic mass is 16.5. The van der Waals surface area contributed by atoms with Crippen LogP contribution in [-0.4, -0.2) is 34.7 Å². The van der Waals surface area contributed by atoms with Crippen LogP contribution < -0.4 is 9.64 Å². The zero-order valence-electron chi connectivity index (χ0n) is 20.1. The zero-order chi connectivity index (χ0) is 23.3. The van der Waals surface area contributed by atoms with Crippen molar-refractivity contribution in [2.24, 2.45) is 0 Å². The van der Waals surface area contributed by atoms with Crippen LogP contribution in [0.2, 0.25) is 0 Å². The van der Waals surface area contributed by atoms with Crippen molar-refractivity contribution in [3.8, 4) is 17.0 Å². The van der Waals surface area contributed by atoms with Crippen LogP contribution in [0.3, 0.4) is 0 Å². The summed E-state index contributed by atoms with van der Waals surface area (Å²) in [5.74, 6) is 1.85. The van der Waals surface area contributed by atoms with E-state index in [0.717, 1.165) is 65.4 Å². The first kappa shape index (κ1) is 21.3. The van der Waals surface area contributed by atoms with E-state index in [-0.39, 0.29) is 5.78 Å². The van der Waals surface area contributed by atoms with E-state index < -0.39 is 5.60 Å². The maximum atomic E-state index is 12.9. The number of rotatable bonds is 2. The third-order valence-electron chi connectivity index (χ3n) is 8.00. The number of nitrogens with zero attached hydrogens (tertiary/aromatic N) is 3. The van der Waals surface area contributed by atoms with Gasteiger partial charge in [-0.2, -0.15) is 0 Å². The highest BCUT2D eigenvalue weighted by molar-refractivity contribution is 6.00. The summed E-state index contributed by atoms with van der Waals surface area (Å²) in [5, 5.41) is 9.12. The molecule has 1 aliphatic carbocycles. The second-order valence-corrected chi connectivity index (χ2v) is 10.3. The third kappa shape index (κ3) is 3.77. The van der Waals surface area contributed by atoms with Crippen molar-refractivity contribution in [2.45, 2.75) is 64.4 Å². The Bertz CT molecular complexity index is 1260. The Kier molecular flexibility index (Phi) is 5.16. The molecule has 5 nitrogen and oxygen atoms in total. The molecule has 0 amide bonds. The summed E-state index contributed by atoms with van der Waals surface area (Å²) in [6.07, 6.45) is 6.99. The first-order valence-electron chi connectivity index (χ1n) is 12.5. The molecule has 0 bridgehead atoms. The number of aromatic nitrogens is 2. The molecule has 3 heterocycles. The number of carbonyl (C=O) groups excluding carboxylic acids is 1. The Hall–Kier alpha value is -3.21. The summed E-state index contributed by atoms with van der Waals surface area (Å²) in [5.41, 5.74) is 7.65. The average molecular weight is 454 g/mol. The number of hydrogen-bond donors (Lipinski definition) is 0. The largest absolute Gasteiger partial charge is 0.486 e. The van der Waals surface area contributed by atoms with E-state index in [0.29, 0.717) is 6.42 Å². The van der Waals surface area contributed by atoms with Gasteiger partial charge in [0.1, 0.15) is 11.4 Å². The van der Waals surface area contributed by atoms with Crippen LogP contribution in [0.1, 0.15) is 64.7 Å².